The number of halogens is 2. The summed E-state index contributed by atoms with van der Waals surface area (Å²) in [5, 5.41) is 20.4. The topological polar surface area (TPSA) is 76.0 Å². The second-order valence-corrected chi connectivity index (χ2v) is 10.8. The number of aliphatic hydroxyl groups is 2. The Balaban J connectivity index is 2.14. The van der Waals surface area contributed by atoms with Gasteiger partial charge < -0.3 is 19.7 Å². The maximum atomic E-state index is 11.6. The van der Waals surface area contributed by atoms with Gasteiger partial charge in [-0.15, -0.1) is 0 Å². The average Bonchev–Trinajstić information content (AvgIpc) is 2.76. The molecule has 0 amide bonds. The largest absolute Gasteiger partial charge is 0.491 e. The van der Waals surface area contributed by atoms with Crippen LogP contribution in [-0.4, -0.2) is 51.3 Å². The molecule has 0 spiro atoms. The number of hydrogen-bond acceptors (Lipinski definition) is 5. The minimum Gasteiger partial charge on any atom is -0.491 e. The normalized spacial score (nSPS) is 14.6. The standard InChI is InChI=1S/C24H32Cl2O5S/c1-5-18(27)13-30-20-9-7-16(8-10-20)24(3,4)17-11-21(25)23(22(26)12-17)31-14-19(28)15-32(29)6-2/h7-12,18-19,27-28H,5-6,13-15H2,1-4H3. The van der Waals surface area contributed by atoms with Crippen molar-refractivity contribution >= 4 is 34.0 Å². The monoisotopic (exact) mass is 502 g/mol. The molecule has 8 heteroatoms. The van der Waals surface area contributed by atoms with E-state index in [0.717, 1.165) is 11.1 Å². The molecule has 3 atom stereocenters. The molecule has 0 heterocycles. The van der Waals surface area contributed by atoms with E-state index in [9.17, 15) is 14.4 Å². The molecular weight excluding hydrogens is 471 g/mol. The maximum Gasteiger partial charge on any atom is 0.156 e. The van der Waals surface area contributed by atoms with Crippen LogP contribution in [0, 0.1) is 0 Å². The van der Waals surface area contributed by atoms with Gasteiger partial charge in [0.15, 0.2) is 5.75 Å². The van der Waals surface area contributed by atoms with Crippen LogP contribution in [0.25, 0.3) is 0 Å². The Labute approximate surface area is 203 Å². The molecule has 0 aliphatic carbocycles. The van der Waals surface area contributed by atoms with Gasteiger partial charge in [-0.25, -0.2) is 0 Å². The molecule has 5 nitrogen and oxygen atoms in total. The number of ether oxygens (including phenoxy) is 2. The van der Waals surface area contributed by atoms with Gasteiger partial charge in [0.05, 0.1) is 28.0 Å². The lowest BCUT2D eigenvalue weighted by Crippen LogP contribution is -2.25. The summed E-state index contributed by atoms with van der Waals surface area (Å²) in [6.45, 7) is 8.06. The first-order valence-electron chi connectivity index (χ1n) is 10.6. The Morgan fingerprint density at radius 1 is 0.938 bits per heavy atom. The molecule has 0 saturated carbocycles. The second kappa shape index (κ2) is 12.2. The lowest BCUT2D eigenvalue weighted by molar-refractivity contribution is 0.104. The van der Waals surface area contributed by atoms with Gasteiger partial charge in [-0.1, -0.05) is 63.0 Å². The molecule has 0 bridgehead atoms. The van der Waals surface area contributed by atoms with E-state index in [-0.39, 0.29) is 19.0 Å². The van der Waals surface area contributed by atoms with Crippen LogP contribution in [-0.2, 0) is 16.2 Å². The summed E-state index contributed by atoms with van der Waals surface area (Å²) < 4.78 is 22.8. The van der Waals surface area contributed by atoms with E-state index >= 15 is 0 Å². The molecule has 0 aliphatic rings. The summed E-state index contributed by atoms with van der Waals surface area (Å²) >= 11 is 12.9. The van der Waals surface area contributed by atoms with Gasteiger partial charge in [0.25, 0.3) is 0 Å². The van der Waals surface area contributed by atoms with E-state index < -0.39 is 28.4 Å². The van der Waals surface area contributed by atoms with Gasteiger partial charge in [0.1, 0.15) is 19.0 Å². The summed E-state index contributed by atoms with van der Waals surface area (Å²) in [4.78, 5) is 0. The van der Waals surface area contributed by atoms with Crippen LogP contribution in [0.2, 0.25) is 10.0 Å². The van der Waals surface area contributed by atoms with Crippen molar-refractivity contribution in [2.45, 2.75) is 51.7 Å². The van der Waals surface area contributed by atoms with Crippen molar-refractivity contribution < 1.29 is 23.9 Å². The van der Waals surface area contributed by atoms with Crippen LogP contribution < -0.4 is 9.47 Å². The Morgan fingerprint density at radius 3 is 2.03 bits per heavy atom. The first-order chi connectivity index (χ1) is 15.1. The van der Waals surface area contributed by atoms with E-state index in [1.807, 2.05) is 31.2 Å². The number of hydrogen-bond donors (Lipinski definition) is 2. The highest BCUT2D eigenvalue weighted by molar-refractivity contribution is 7.84. The minimum atomic E-state index is -1.09. The first kappa shape index (κ1) is 26.9. The van der Waals surface area contributed by atoms with E-state index in [1.54, 1.807) is 19.1 Å². The second-order valence-electron chi connectivity index (χ2n) is 8.15. The summed E-state index contributed by atoms with van der Waals surface area (Å²) in [7, 11) is -1.09. The van der Waals surface area contributed by atoms with Gasteiger partial charge in [0.2, 0.25) is 0 Å². The van der Waals surface area contributed by atoms with Crippen LogP contribution >= 0.6 is 23.2 Å². The van der Waals surface area contributed by atoms with Gasteiger partial charge in [-0.05, 0) is 41.8 Å². The molecule has 3 unspecified atom stereocenters. The van der Waals surface area contributed by atoms with Crippen molar-refractivity contribution in [3.05, 3.63) is 57.6 Å². The molecule has 2 N–H and O–H groups in total. The van der Waals surface area contributed by atoms with E-state index in [2.05, 4.69) is 13.8 Å². The number of benzene rings is 2. The average molecular weight is 503 g/mol. The predicted octanol–water partition coefficient (Wildman–Crippen LogP) is 4.98. The summed E-state index contributed by atoms with van der Waals surface area (Å²) in [5.74, 6) is 1.62. The van der Waals surface area contributed by atoms with Crippen molar-refractivity contribution in [3.63, 3.8) is 0 Å². The van der Waals surface area contributed by atoms with E-state index in [4.69, 9.17) is 32.7 Å². The smallest absolute Gasteiger partial charge is 0.156 e. The van der Waals surface area contributed by atoms with Crippen molar-refractivity contribution in [2.24, 2.45) is 0 Å². The van der Waals surface area contributed by atoms with Crippen molar-refractivity contribution in [3.8, 4) is 11.5 Å². The number of aliphatic hydroxyl groups excluding tert-OH is 2. The molecule has 0 saturated heterocycles. The molecule has 32 heavy (non-hydrogen) atoms. The molecule has 0 aliphatic heterocycles. The Kier molecular flexibility index (Phi) is 10.3. The summed E-state index contributed by atoms with van der Waals surface area (Å²) in [6.07, 6.45) is -0.701. The zero-order valence-corrected chi connectivity index (χ0v) is 21.3. The predicted molar refractivity (Wildman–Crippen MR) is 132 cm³/mol. The van der Waals surface area contributed by atoms with Gasteiger partial charge in [-0.3, -0.25) is 4.21 Å². The van der Waals surface area contributed by atoms with Crippen LogP contribution in [0.5, 0.6) is 11.5 Å². The fourth-order valence-corrected chi connectivity index (χ4v) is 4.42. The van der Waals surface area contributed by atoms with Crippen molar-refractivity contribution in [1.82, 2.24) is 0 Å². The van der Waals surface area contributed by atoms with Gasteiger partial charge in [0, 0.05) is 22.0 Å². The lowest BCUT2D eigenvalue weighted by atomic mass is 9.78. The van der Waals surface area contributed by atoms with E-state index in [1.165, 1.54) is 0 Å². The third-order valence-corrected chi connectivity index (χ3v) is 7.29. The molecular formula is C24H32Cl2O5S. The van der Waals surface area contributed by atoms with Crippen LogP contribution in [0.3, 0.4) is 0 Å². The Hall–Kier alpha value is -1.31. The highest BCUT2D eigenvalue weighted by Gasteiger charge is 2.26. The first-order valence-corrected chi connectivity index (χ1v) is 12.9. The molecule has 2 aromatic rings. The van der Waals surface area contributed by atoms with Crippen LogP contribution in [0.15, 0.2) is 36.4 Å². The minimum absolute atomic E-state index is 0.0396. The fraction of sp³-hybridized carbons (Fsp3) is 0.500. The zero-order chi connectivity index (χ0) is 23.9. The number of rotatable bonds is 12. The highest BCUT2D eigenvalue weighted by atomic mass is 35.5. The Morgan fingerprint density at radius 2 is 1.50 bits per heavy atom. The van der Waals surface area contributed by atoms with Crippen LogP contribution in [0.4, 0.5) is 0 Å². The molecule has 178 valence electrons. The molecule has 2 rings (SSSR count). The van der Waals surface area contributed by atoms with E-state index in [0.29, 0.717) is 33.7 Å². The van der Waals surface area contributed by atoms with Crippen molar-refractivity contribution in [2.75, 3.05) is 24.7 Å². The fourth-order valence-electron chi connectivity index (χ4n) is 3.06. The summed E-state index contributed by atoms with van der Waals surface area (Å²) in [5.41, 5.74) is 1.55. The lowest BCUT2D eigenvalue weighted by Gasteiger charge is -2.27. The van der Waals surface area contributed by atoms with Crippen LogP contribution in [0.1, 0.15) is 45.2 Å². The van der Waals surface area contributed by atoms with Gasteiger partial charge in [-0.2, -0.15) is 0 Å². The molecule has 0 fully saturated rings. The maximum absolute atomic E-state index is 11.6. The third kappa shape index (κ3) is 7.35. The van der Waals surface area contributed by atoms with Gasteiger partial charge >= 0.3 is 0 Å². The molecule has 2 aromatic carbocycles. The Bertz CT molecular complexity index is 879. The zero-order valence-electron chi connectivity index (χ0n) is 18.9. The molecule has 0 aromatic heterocycles. The molecule has 0 radical (unpaired) electrons. The third-order valence-electron chi connectivity index (χ3n) is 5.33. The highest BCUT2D eigenvalue weighted by Crippen LogP contribution is 2.40. The van der Waals surface area contributed by atoms with Crippen molar-refractivity contribution in [1.29, 1.82) is 0 Å². The summed E-state index contributed by atoms with van der Waals surface area (Å²) in [6, 6.07) is 11.3. The quantitative estimate of drug-likeness (QED) is 0.428. The SMILES string of the molecule is CCC(O)COc1ccc(C(C)(C)c2cc(Cl)c(OCC(O)CS(=O)CC)c(Cl)c2)cc1.